The standard InChI is InChI=1S/C18H31N5O2.HI/c19-18(20-6-4-7-22-10-13-24-14-11-22)21-15-16(17-5-3-12-25-17)23-8-1-2-9-23;/h3,5,12,16H,1-2,4,6-11,13-15H2,(H3,19,20,21);1H. The maximum absolute atomic E-state index is 6.05. The molecule has 0 spiro atoms. The summed E-state index contributed by atoms with van der Waals surface area (Å²) in [6, 6.07) is 4.16. The zero-order valence-electron chi connectivity index (χ0n) is 15.4. The number of furan rings is 1. The molecule has 3 N–H and O–H groups in total. The fourth-order valence-corrected chi connectivity index (χ4v) is 3.50. The first-order valence-electron chi connectivity index (χ1n) is 9.44. The molecule has 3 rings (SSSR count). The number of ether oxygens (including phenoxy) is 1. The van der Waals surface area contributed by atoms with Crippen molar-refractivity contribution in [2.75, 3.05) is 59.0 Å². The SMILES string of the molecule is I.NC(=NCC(c1ccco1)N1CCCC1)NCCCN1CCOCC1. The van der Waals surface area contributed by atoms with Gasteiger partial charge in [0.2, 0.25) is 0 Å². The van der Waals surface area contributed by atoms with Crippen molar-refractivity contribution < 1.29 is 9.15 Å². The van der Waals surface area contributed by atoms with E-state index in [4.69, 9.17) is 14.9 Å². The van der Waals surface area contributed by atoms with E-state index in [0.717, 1.165) is 64.7 Å². The van der Waals surface area contributed by atoms with Gasteiger partial charge in [0.05, 0.1) is 32.1 Å². The third kappa shape index (κ3) is 6.71. The second kappa shape index (κ2) is 11.8. The number of likely N-dealkylation sites (tertiary alicyclic amines) is 1. The molecule has 1 unspecified atom stereocenters. The summed E-state index contributed by atoms with van der Waals surface area (Å²) in [4.78, 5) is 9.43. The second-order valence-electron chi connectivity index (χ2n) is 6.73. The van der Waals surface area contributed by atoms with Crippen LogP contribution >= 0.6 is 24.0 Å². The maximum Gasteiger partial charge on any atom is 0.188 e. The Bertz CT molecular complexity index is 514. The molecule has 0 radical (unpaired) electrons. The molecule has 2 aliphatic rings. The molecule has 2 saturated heterocycles. The Balaban J connectivity index is 0.00000243. The Morgan fingerprint density at radius 3 is 2.69 bits per heavy atom. The smallest absolute Gasteiger partial charge is 0.188 e. The average molecular weight is 477 g/mol. The number of halogens is 1. The van der Waals surface area contributed by atoms with Gasteiger partial charge >= 0.3 is 0 Å². The molecule has 0 aromatic carbocycles. The van der Waals surface area contributed by atoms with Gasteiger partial charge in [-0.05, 0) is 51.0 Å². The zero-order valence-corrected chi connectivity index (χ0v) is 17.8. The highest BCUT2D eigenvalue weighted by Gasteiger charge is 2.25. The van der Waals surface area contributed by atoms with E-state index in [0.29, 0.717) is 12.5 Å². The van der Waals surface area contributed by atoms with Gasteiger partial charge in [-0.1, -0.05) is 0 Å². The molecule has 26 heavy (non-hydrogen) atoms. The van der Waals surface area contributed by atoms with Crippen molar-refractivity contribution >= 4 is 29.9 Å². The Hall–Kier alpha value is -0.840. The molecular formula is C18H32IN5O2. The monoisotopic (exact) mass is 477 g/mol. The van der Waals surface area contributed by atoms with Gasteiger partial charge in [0.25, 0.3) is 0 Å². The molecule has 1 aromatic rings. The lowest BCUT2D eigenvalue weighted by atomic mass is 10.2. The lowest BCUT2D eigenvalue weighted by molar-refractivity contribution is 0.0376. The predicted octanol–water partition coefficient (Wildman–Crippen LogP) is 1.66. The highest BCUT2D eigenvalue weighted by atomic mass is 127. The normalized spacial score (nSPS) is 20.7. The van der Waals surface area contributed by atoms with E-state index in [1.54, 1.807) is 6.26 Å². The largest absolute Gasteiger partial charge is 0.468 e. The lowest BCUT2D eigenvalue weighted by Crippen LogP contribution is -2.39. The number of morpholine rings is 1. The van der Waals surface area contributed by atoms with Gasteiger partial charge < -0.3 is 20.2 Å². The Morgan fingerprint density at radius 1 is 1.23 bits per heavy atom. The van der Waals surface area contributed by atoms with Crippen LogP contribution in [0, 0.1) is 0 Å². The molecular weight excluding hydrogens is 445 g/mol. The van der Waals surface area contributed by atoms with Crippen LogP contribution in [-0.2, 0) is 4.74 Å². The summed E-state index contributed by atoms with van der Waals surface area (Å²) >= 11 is 0. The number of hydrogen-bond donors (Lipinski definition) is 2. The van der Waals surface area contributed by atoms with Crippen molar-refractivity contribution in [3.05, 3.63) is 24.2 Å². The van der Waals surface area contributed by atoms with E-state index in [1.165, 1.54) is 12.8 Å². The van der Waals surface area contributed by atoms with Crippen LogP contribution in [0.4, 0.5) is 0 Å². The quantitative estimate of drug-likeness (QED) is 0.257. The number of guanidine groups is 1. The molecule has 3 heterocycles. The van der Waals surface area contributed by atoms with Crippen molar-refractivity contribution in [3.8, 4) is 0 Å². The van der Waals surface area contributed by atoms with Crippen LogP contribution in [-0.4, -0.2) is 74.8 Å². The summed E-state index contributed by atoms with van der Waals surface area (Å²) in [6.07, 6.45) is 5.28. The van der Waals surface area contributed by atoms with Crippen LogP contribution in [0.2, 0.25) is 0 Å². The predicted molar refractivity (Wildman–Crippen MR) is 114 cm³/mol. The summed E-state index contributed by atoms with van der Waals surface area (Å²) in [7, 11) is 0. The Kier molecular flexibility index (Phi) is 9.73. The fraction of sp³-hybridized carbons (Fsp3) is 0.722. The molecule has 7 nitrogen and oxygen atoms in total. The highest BCUT2D eigenvalue weighted by Crippen LogP contribution is 2.25. The molecule has 0 amide bonds. The summed E-state index contributed by atoms with van der Waals surface area (Å²) in [6.45, 7) is 8.53. The second-order valence-corrected chi connectivity index (χ2v) is 6.73. The average Bonchev–Trinajstić information content (AvgIpc) is 3.34. The zero-order chi connectivity index (χ0) is 17.3. The van der Waals surface area contributed by atoms with Crippen LogP contribution in [0.5, 0.6) is 0 Å². The van der Waals surface area contributed by atoms with Crippen LogP contribution in [0.1, 0.15) is 31.1 Å². The molecule has 8 heteroatoms. The molecule has 1 atom stereocenters. The van der Waals surface area contributed by atoms with Gasteiger partial charge in [0.15, 0.2) is 5.96 Å². The number of aliphatic imine (C=N–C) groups is 1. The van der Waals surface area contributed by atoms with Crippen molar-refractivity contribution in [3.63, 3.8) is 0 Å². The van der Waals surface area contributed by atoms with E-state index in [1.807, 2.05) is 12.1 Å². The van der Waals surface area contributed by atoms with Crippen molar-refractivity contribution in [1.29, 1.82) is 0 Å². The van der Waals surface area contributed by atoms with E-state index in [2.05, 4.69) is 20.1 Å². The van der Waals surface area contributed by atoms with Crippen LogP contribution in [0.15, 0.2) is 27.8 Å². The molecule has 0 saturated carbocycles. The van der Waals surface area contributed by atoms with Crippen LogP contribution in [0.25, 0.3) is 0 Å². The molecule has 0 bridgehead atoms. The van der Waals surface area contributed by atoms with Gasteiger partial charge in [0.1, 0.15) is 5.76 Å². The molecule has 0 aliphatic carbocycles. The van der Waals surface area contributed by atoms with Crippen LogP contribution < -0.4 is 11.1 Å². The van der Waals surface area contributed by atoms with Crippen molar-refractivity contribution in [1.82, 2.24) is 15.1 Å². The summed E-state index contributed by atoms with van der Waals surface area (Å²) in [5.41, 5.74) is 6.05. The minimum atomic E-state index is 0. The third-order valence-electron chi connectivity index (χ3n) is 4.95. The van der Waals surface area contributed by atoms with Gasteiger partial charge in [-0.2, -0.15) is 0 Å². The first kappa shape index (κ1) is 21.5. The van der Waals surface area contributed by atoms with Gasteiger partial charge in [-0.25, -0.2) is 0 Å². The Labute approximate surface area is 173 Å². The Morgan fingerprint density at radius 2 is 2.00 bits per heavy atom. The minimum Gasteiger partial charge on any atom is -0.468 e. The maximum atomic E-state index is 6.05. The number of rotatable bonds is 8. The number of hydrogen-bond acceptors (Lipinski definition) is 5. The van der Waals surface area contributed by atoms with Crippen molar-refractivity contribution in [2.24, 2.45) is 10.7 Å². The van der Waals surface area contributed by atoms with E-state index < -0.39 is 0 Å². The van der Waals surface area contributed by atoms with Gasteiger partial charge in [-0.15, -0.1) is 24.0 Å². The van der Waals surface area contributed by atoms with E-state index in [-0.39, 0.29) is 30.0 Å². The molecule has 148 valence electrons. The molecule has 1 aromatic heterocycles. The molecule has 2 aliphatic heterocycles. The third-order valence-corrected chi connectivity index (χ3v) is 4.95. The lowest BCUT2D eigenvalue weighted by Gasteiger charge is -2.26. The highest BCUT2D eigenvalue weighted by molar-refractivity contribution is 14.0. The number of nitrogens with one attached hydrogen (secondary N) is 1. The minimum absolute atomic E-state index is 0. The number of nitrogens with zero attached hydrogens (tertiary/aromatic N) is 3. The first-order chi connectivity index (χ1) is 12.3. The first-order valence-corrected chi connectivity index (χ1v) is 9.44. The van der Waals surface area contributed by atoms with E-state index in [9.17, 15) is 0 Å². The van der Waals surface area contributed by atoms with Gasteiger partial charge in [-0.3, -0.25) is 14.8 Å². The molecule has 2 fully saturated rings. The topological polar surface area (TPSA) is 79.3 Å². The van der Waals surface area contributed by atoms with Gasteiger partial charge in [0, 0.05) is 19.6 Å². The summed E-state index contributed by atoms with van der Waals surface area (Å²) in [5.74, 6) is 1.50. The summed E-state index contributed by atoms with van der Waals surface area (Å²) in [5, 5.41) is 3.23. The van der Waals surface area contributed by atoms with Crippen molar-refractivity contribution in [2.45, 2.75) is 25.3 Å². The number of nitrogens with two attached hydrogens (primary N) is 1. The van der Waals surface area contributed by atoms with E-state index >= 15 is 0 Å². The van der Waals surface area contributed by atoms with Crippen LogP contribution in [0.3, 0.4) is 0 Å². The fourth-order valence-electron chi connectivity index (χ4n) is 3.50. The summed E-state index contributed by atoms with van der Waals surface area (Å²) < 4.78 is 11.0.